The second kappa shape index (κ2) is 7.87. The number of hydrogen-bond donors (Lipinski definition) is 0. The third-order valence-corrected chi connectivity index (χ3v) is 7.54. The van der Waals surface area contributed by atoms with Gasteiger partial charge in [0, 0.05) is 43.1 Å². The number of pyridine rings is 1. The third kappa shape index (κ3) is 4.10. The number of fused-ring (bicyclic) bond motifs is 1. The van der Waals surface area contributed by atoms with Gasteiger partial charge in [0.1, 0.15) is 5.78 Å². The number of rotatable bonds is 8. The van der Waals surface area contributed by atoms with Gasteiger partial charge in [-0.05, 0) is 42.9 Å². The summed E-state index contributed by atoms with van der Waals surface area (Å²) < 4.78 is 38.4. The average molecular weight is 405 g/mol. The zero-order chi connectivity index (χ0) is 19.7. The Morgan fingerprint density at radius 2 is 2.14 bits per heavy atom. The molecular weight excluding hydrogens is 379 g/mol. The molecule has 0 atom stereocenters. The van der Waals surface area contributed by atoms with E-state index in [1.807, 2.05) is 12.1 Å². The van der Waals surface area contributed by atoms with Gasteiger partial charge in [-0.25, -0.2) is 8.42 Å². The fourth-order valence-corrected chi connectivity index (χ4v) is 5.30. The first-order valence-corrected chi connectivity index (χ1v) is 11.5. The van der Waals surface area contributed by atoms with Crippen LogP contribution in [-0.4, -0.2) is 49.0 Å². The normalized spacial score (nSPS) is 19.5. The van der Waals surface area contributed by atoms with Crippen LogP contribution in [0.25, 0.3) is 11.6 Å². The van der Waals surface area contributed by atoms with E-state index in [0.717, 1.165) is 47.4 Å². The fourth-order valence-electron chi connectivity index (χ4n) is 3.89. The summed E-state index contributed by atoms with van der Waals surface area (Å²) in [6.07, 6.45) is 9.87. The lowest BCUT2D eigenvalue weighted by Gasteiger charge is -2.26. The zero-order valence-corrected chi connectivity index (χ0v) is 16.7. The Bertz CT molecular complexity index is 949. The lowest BCUT2D eigenvalue weighted by molar-refractivity contribution is -0.119. The van der Waals surface area contributed by atoms with Gasteiger partial charge in [0.05, 0.1) is 18.1 Å². The van der Waals surface area contributed by atoms with Crippen LogP contribution < -0.4 is 0 Å². The summed E-state index contributed by atoms with van der Waals surface area (Å²) in [6, 6.07) is 2.01. The van der Waals surface area contributed by atoms with Gasteiger partial charge in [-0.15, -0.1) is 0 Å². The van der Waals surface area contributed by atoms with Gasteiger partial charge in [0.15, 0.2) is 0 Å². The standard InChI is InChI=1S/C21H25FN2O3S/c22-9-2-12-28(26,27)24-10-7-15(8-11-24)19-13-17(14-21(25)16-5-6-16)23-20-4-1-3-18(19)20/h1,3,7,13,16H,2,4-6,8-12,14H2. The molecule has 0 aromatic carbocycles. The molecule has 1 aromatic heterocycles. The van der Waals surface area contributed by atoms with Crippen LogP contribution in [-0.2, 0) is 27.7 Å². The molecule has 3 aliphatic rings. The van der Waals surface area contributed by atoms with Gasteiger partial charge in [0.2, 0.25) is 10.0 Å². The highest BCUT2D eigenvalue weighted by atomic mass is 32.2. The van der Waals surface area contributed by atoms with E-state index in [2.05, 4.69) is 12.2 Å². The molecule has 5 nitrogen and oxygen atoms in total. The molecule has 28 heavy (non-hydrogen) atoms. The summed E-state index contributed by atoms with van der Waals surface area (Å²) in [5, 5.41) is 0. The molecule has 4 rings (SSSR count). The van der Waals surface area contributed by atoms with E-state index in [9.17, 15) is 17.6 Å². The highest BCUT2D eigenvalue weighted by Gasteiger charge is 2.30. The van der Waals surface area contributed by atoms with E-state index in [-0.39, 0.29) is 23.9 Å². The molecule has 150 valence electrons. The molecule has 1 fully saturated rings. The lowest BCUT2D eigenvalue weighted by Crippen LogP contribution is -2.36. The Balaban J connectivity index is 1.56. The Kier molecular flexibility index (Phi) is 5.47. The number of carbonyl (C=O) groups excluding carboxylic acids is 1. The fraction of sp³-hybridized carbons (Fsp3) is 0.524. The third-order valence-electron chi connectivity index (χ3n) is 5.62. The van der Waals surface area contributed by atoms with Gasteiger partial charge in [-0.1, -0.05) is 18.2 Å². The first-order chi connectivity index (χ1) is 13.5. The molecule has 7 heteroatoms. The number of allylic oxidation sites excluding steroid dienone is 1. The quantitative estimate of drug-likeness (QED) is 0.668. The Hall–Kier alpha value is -1.86. The highest BCUT2D eigenvalue weighted by Crippen LogP contribution is 2.34. The monoisotopic (exact) mass is 404 g/mol. The summed E-state index contributed by atoms with van der Waals surface area (Å²) in [4.78, 5) is 16.9. The van der Waals surface area contributed by atoms with Crippen LogP contribution in [0.3, 0.4) is 0 Å². The molecule has 0 spiro atoms. The van der Waals surface area contributed by atoms with E-state index in [1.165, 1.54) is 4.31 Å². The number of hydrogen-bond acceptors (Lipinski definition) is 4. The van der Waals surface area contributed by atoms with Crippen molar-refractivity contribution < 1.29 is 17.6 Å². The average Bonchev–Trinajstić information content (AvgIpc) is 3.44. The minimum absolute atomic E-state index is 0.0381. The molecule has 0 saturated heterocycles. The molecule has 1 aromatic rings. The van der Waals surface area contributed by atoms with E-state index < -0.39 is 16.7 Å². The number of sulfonamides is 1. The molecule has 0 bridgehead atoms. The van der Waals surface area contributed by atoms with Gasteiger partial charge in [-0.3, -0.25) is 14.2 Å². The highest BCUT2D eigenvalue weighted by molar-refractivity contribution is 7.89. The maximum absolute atomic E-state index is 12.4. The maximum Gasteiger partial charge on any atom is 0.214 e. The molecule has 0 unspecified atom stereocenters. The topological polar surface area (TPSA) is 67.3 Å². The molecule has 1 aliphatic heterocycles. The summed E-state index contributed by atoms with van der Waals surface area (Å²) in [5.74, 6) is 0.341. The van der Waals surface area contributed by atoms with Crippen LogP contribution in [0.5, 0.6) is 0 Å². The molecule has 0 radical (unpaired) electrons. The number of Topliss-reactive ketones (excluding diaryl/α,β-unsaturated/α-hetero) is 1. The van der Waals surface area contributed by atoms with Crippen LogP contribution in [0, 0.1) is 5.92 Å². The van der Waals surface area contributed by atoms with Gasteiger partial charge in [-0.2, -0.15) is 4.31 Å². The summed E-state index contributed by atoms with van der Waals surface area (Å²) in [5.41, 5.74) is 5.06. The SMILES string of the molecule is O=C(Cc1cc(C2=CCN(S(=O)(=O)CCCF)CC2)c2c(n1)CC=C2)C1CC1. The van der Waals surface area contributed by atoms with Crippen LogP contribution in [0.4, 0.5) is 4.39 Å². The Morgan fingerprint density at radius 1 is 1.32 bits per heavy atom. The van der Waals surface area contributed by atoms with Crippen molar-refractivity contribution in [1.29, 1.82) is 0 Å². The molecule has 2 heterocycles. The number of ketones is 1. The number of carbonyl (C=O) groups is 1. The predicted octanol–water partition coefficient (Wildman–Crippen LogP) is 2.95. The Labute approximate surface area is 165 Å². The summed E-state index contributed by atoms with van der Waals surface area (Å²) in [7, 11) is -3.41. The number of halogens is 1. The lowest BCUT2D eigenvalue weighted by atomic mass is 9.94. The first-order valence-electron chi connectivity index (χ1n) is 9.93. The van der Waals surface area contributed by atoms with Crippen molar-refractivity contribution in [3.63, 3.8) is 0 Å². The van der Waals surface area contributed by atoms with Crippen molar-refractivity contribution in [3.8, 4) is 0 Å². The first kappa shape index (κ1) is 19.5. The zero-order valence-electron chi connectivity index (χ0n) is 15.9. The minimum atomic E-state index is -3.41. The number of alkyl halides is 1. The van der Waals surface area contributed by atoms with Crippen molar-refractivity contribution in [3.05, 3.63) is 40.7 Å². The van der Waals surface area contributed by atoms with Crippen LogP contribution in [0.2, 0.25) is 0 Å². The second-order valence-corrected chi connectivity index (χ2v) is 9.83. The summed E-state index contributed by atoms with van der Waals surface area (Å²) in [6.45, 7) is 0.0880. The minimum Gasteiger partial charge on any atom is -0.299 e. The van der Waals surface area contributed by atoms with E-state index in [0.29, 0.717) is 25.9 Å². The molecule has 0 amide bonds. The molecule has 1 saturated carbocycles. The molecule has 0 N–H and O–H groups in total. The van der Waals surface area contributed by atoms with Crippen LogP contribution in [0.15, 0.2) is 18.2 Å². The number of nitrogens with zero attached hydrogens (tertiary/aromatic N) is 2. The van der Waals surface area contributed by atoms with Gasteiger partial charge in [0.25, 0.3) is 0 Å². The summed E-state index contributed by atoms with van der Waals surface area (Å²) >= 11 is 0. The second-order valence-electron chi connectivity index (χ2n) is 7.74. The molecule has 2 aliphatic carbocycles. The largest absolute Gasteiger partial charge is 0.299 e. The van der Waals surface area contributed by atoms with Gasteiger partial charge >= 0.3 is 0 Å². The van der Waals surface area contributed by atoms with Crippen molar-refractivity contribution in [1.82, 2.24) is 9.29 Å². The predicted molar refractivity (Wildman–Crippen MR) is 107 cm³/mol. The maximum atomic E-state index is 12.4. The smallest absolute Gasteiger partial charge is 0.214 e. The van der Waals surface area contributed by atoms with Crippen molar-refractivity contribution in [2.24, 2.45) is 5.92 Å². The van der Waals surface area contributed by atoms with Gasteiger partial charge < -0.3 is 0 Å². The Morgan fingerprint density at radius 3 is 2.82 bits per heavy atom. The van der Waals surface area contributed by atoms with E-state index in [4.69, 9.17) is 4.98 Å². The van der Waals surface area contributed by atoms with Crippen LogP contribution in [0.1, 0.15) is 48.2 Å². The van der Waals surface area contributed by atoms with E-state index in [1.54, 1.807) is 0 Å². The van der Waals surface area contributed by atoms with Crippen molar-refractivity contribution in [2.75, 3.05) is 25.5 Å². The van der Waals surface area contributed by atoms with Crippen molar-refractivity contribution in [2.45, 2.75) is 38.5 Å². The number of aromatic nitrogens is 1. The van der Waals surface area contributed by atoms with Crippen molar-refractivity contribution >= 4 is 27.5 Å². The molecular formula is C21H25FN2O3S. The van der Waals surface area contributed by atoms with E-state index >= 15 is 0 Å². The van der Waals surface area contributed by atoms with Crippen LogP contribution >= 0.6 is 0 Å².